The molecule has 1 saturated heterocycles. The standard InChI is InChI=1S/C9H14F3NO3/c1-2-15-8(14)3-6-4-13-7(5-16-6)9(10,11)12/h6-7,13H,2-5H2,1H3. The Kier molecular flexibility index (Phi) is 4.55. The zero-order chi connectivity index (χ0) is 12.2. The molecule has 1 fully saturated rings. The van der Waals surface area contributed by atoms with Gasteiger partial charge in [0.15, 0.2) is 0 Å². The van der Waals surface area contributed by atoms with Crippen molar-refractivity contribution < 1.29 is 27.4 Å². The topological polar surface area (TPSA) is 47.6 Å². The van der Waals surface area contributed by atoms with Gasteiger partial charge in [-0.25, -0.2) is 0 Å². The summed E-state index contributed by atoms with van der Waals surface area (Å²) in [5.74, 6) is -0.459. The predicted octanol–water partition coefficient (Wildman–Crippen LogP) is 0.859. The summed E-state index contributed by atoms with van der Waals surface area (Å²) in [6, 6.07) is -1.65. The van der Waals surface area contributed by atoms with Gasteiger partial charge in [0.1, 0.15) is 6.04 Å². The van der Waals surface area contributed by atoms with E-state index in [2.05, 4.69) is 10.1 Å². The number of carbonyl (C=O) groups excluding carboxylic acids is 1. The normalized spacial score (nSPS) is 26.5. The Bertz CT molecular complexity index is 237. The highest BCUT2D eigenvalue weighted by molar-refractivity contribution is 5.69. The molecule has 0 aromatic heterocycles. The van der Waals surface area contributed by atoms with E-state index in [1.54, 1.807) is 6.92 Å². The van der Waals surface area contributed by atoms with Crippen LogP contribution in [0.25, 0.3) is 0 Å². The van der Waals surface area contributed by atoms with E-state index in [9.17, 15) is 18.0 Å². The van der Waals surface area contributed by atoms with Crippen LogP contribution in [0.2, 0.25) is 0 Å². The SMILES string of the molecule is CCOC(=O)CC1CNC(C(F)(F)F)CO1. The van der Waals surface area contributed by atoms with Gasteiger partial charge in [0.2, 0.25) is 0 Å². The van der Waals surface area contributed by atoms with Crippen molar-refractivity contribution in [1.82, 2.24) is 5.32 Å². The lowest BCUT2D eigenvalue weighted by atomic mass is 10.2. The Hall–Kier alpha value is -0.820. The Morgan fingerprint density at radius 2 is 2.25 bits per heavy atom. The second kappa shape index (κ2) is 5.49. The van der Waals surface area contributed by atoms with Gasteiger partial charge < -0.3 is 14.8 Å². The van der Waals surface area contributed by atoms with Crippen molar-refractivity contribution in [1.29, 1.82) is 0 Å². The first-order chi connectivity index (χ1) is 7.43. The monoisotopic (exact) mass is 241 g/mol. The maximum atomic E-state index is 12.2. The first-order valence-corrected chi connectivity index (χ1v) is 5.00. The van der Waals surface area contributed by atoms with Gasteiger partial charge >= 0.3 is 12.1 Å². The summed E-state index contributed by atoms with van der Waals surface area (Å²) < 4.78 is 46.3. The molecule has 7 heteroatoms. The summed E-state index contributed by atoms with van der Waals surface area (Å²) in [6.45, 7) is 1.46. The minimum atomic E-state index is -4.31. The van der Waals surface area contributed by atoms with E-state index in [1.807, 2.05) is 0 Å². The minimum Gasteiger partial charge on any atom is -0.466 e. The third-order valence-electron chi connectivity index (χ3n) is 2.19. The van der Waals surface area contributed by atoms with E-state index in [0.717, 1.165) is 0 Å². The summed E-state index contributed by atoms with van der Waals surface area (Å²) in [4.78, 5) is 11.0. The highest BCUT2D eigenvalue weighted by Gasteiger charge is 2.42. The third kappa shape index (κ3) is 3.97. The van der Waals surface area contributed by atoms with Crippen LogP contribution in [0.1, 0.15) is 13.3 Å². The molecule has 4 nitrogen and oxygen atoms in total. The Morgan fingerprint density at radius 3 is 2.69 bits per heavy atom. The van der Waals surface area contributed by atoms with E-state index < -0.39 is 30.9 Å². The lowest BCUT2D eigenvalue weighted by Crippen LogP contribution is -2.54. The average Bonchev–Trinajstić information content (AvgIpc) is 2.17. The van der Waals surface area contributed by atoms with E-state index in [4.69, 9.17) is 4.74 Å². The number of carbonyl (C=O) groups is 1. The summed E-state index contributed by atoms with van der Waals surface area (Å²) in [5, 5.41) is 2.30. The van der Waals surface area contributed by atoms with Crippen LogP contribution < -0.4 is 5.32 Å². The molecule has 0 saturated carbocycles. The molecule has 94 valence electrons. The van der Waals surface area contributed by atoms with Crippen molar-refractivity contribution >= 4 is 5.97 Å². The van der Waals surface area contributed by atoms with Gasteiger partial charge in [0.05, 0.1) is 25.7 Å². The van der Waals surface area contributed by atoms with Crippen LogP contribution in [0.5, 0.6) is 0 Å². The fourth-order valence-electron chi connectivity index (χ4n) is 1.37. The highest BCUT2D eigenvalue weighted by atomic mass is 19.4. The molecule has 1 heterocycles. The highest BCUT2D eigenvalue weighted by Crippen LogP contribution is 2.23. The largest absolute Gasteiger partial charge is 0.466 e. The number of hydrogen-bond acceptors (Lipinski definition) is 4. The quantitative estimate of drug-likeness (QED) is 0.744. The molecule has 1 rings (SSSR count). The zero-order valence-corrected chi connectivity index (χ0v) is 8.84. The maximum absolute atomic E-state index is 12.2. The van der Waals surface area contributed by atoms with Crippen LogP contribution in [-0.4, -0.2) is 44.0 Å². The molecule has 0 bridgehead atoms. The van der Waals surface area contributed by atoms with Gasteiger partial charge in [0, 0.05) is 6.54 Å². The molecule has 0 spiro atoms. The second-order valence-corrected chi connectivity index (χ2v) is 3.47. The van der Waals surface area contributed by atoms with Crippen molar-refractivity contribution in [2.75, 3.05) is 19.8 Å². The van der Waals surface area contributed by atoms with Crippen molar-refractivity contribution in [3.63, 3.8) is 0 Å². The number of halogens is 3. The van der Waals surface area contributed by atoms with E-state index in [1.165, 1.54) is 0 Å². The number of alkyl halides is 3. The average molecular weight is 241 g/mol. The molecular formula is C9H14F3NO3. The molecule has 0 aromatic carbocycles. The van der Waals surface area contributed by atoms with Gasteiger partial charge in [-0.05, 0) is 6.92 Å². The Morgan fingerprint density at radius 1 is 1.56 bits per heavy atom. The molecule has 2 unspecified atom stereocenters. The van der Waals surface area contributed by atoms with Crippen LogP contribution in [0.15, 0.2) is 0 Å². The van der Waals surface area contributed by atoms with Crippen molar-refractivity contribution in [2.24, 2.45) is 0 Å². The lowest BCUT2D eigenvalue weighted by Gasteiger charge is -2.30. The van der Waals surface area contributed by atoms with Crippen LogP contribution in [0, 0.1) is 0 Å². The number of nitrogens with one attached hydrogen (secondary N) is 1. The van der Waals surface area contributed by atoms with Gasteiger partial charge in [-0.1, -0.05) is 0 Å². The van der Waals surface area contributed by atoms with Gasteiger partial charge in [0.25, 0.3) is 0 Å². The number of hydrogen-bond donors (Lipinski definition) is 1. The van der Waals surface area contributed by atoms with Crippen molar-refractivity contribution in [3.8, 4) is 0 Å². The Labute approximate surface area is 91.1 Å². The molecule has 0 radical (unpaired) electrons. The van der Waals surface area contributed by atoms with Crippen LogP contribution in [0.4, 0.5) is 13.2 Å². The number of morpholine rings is 1. The zero-order valence-electron chi connectivity index (χ0n) is 8.84. The molecule has 0 aliphatic carbocycles. The number of esters is 1. The van der Waals surface area contributed by atoms with E-state index >= 15 is 0 Å². The molecule has 16 heavy (non-hydrogen) atoms. The third-order valence-corrected chi connectivity index (χ3v) is 2.19. The van der Waals surface area contributed by atoms with Crippen LogP contribution in [-0.2, 0) is 14.3 Å². The smallest absolute Gasteiger partial charge is 0.406 e. The maximum Gasteiger partial charge on any atom is 0.406 e. The molecule has 1 aliphatic rings. The predicted molar refractivity (Wildman–Crippen MR) is 48.8 cm³/mol. The van der Waals surface area contributed by atoms with Crippen molar-refractivity contribution in [3.05, 3.63) is 0 Å². The van der Waals surface area contributed by atoms with Gasteiger partial charge in [-0.3, -0.25) is 4.79 Å². The molecule has 0 amide bonds. The fraction of sp³-hybridized carbons (Fsp3) is 0.889. The minimum absolute atomic E-state index is 0.00297. The molecular weight excluding hydrogens is 227 g/mol. The summed E-state index contributed by atoms with van der Waals surface area (Å²) >= 11 is 0. The van der Waals surface area contributed by atoms with E-state index in [0.29, 0.717) is 0 Å². The second-order valence-electron chi connectivity index (χ2n) is 3.47. The molecule has 1 aliphatic heterocycles. The summed E-state index contributed by atoms with van der Waals surface area (Å²) in [6.07, 6.45) is -4.88. The van der Waals surface area contributed by atoms with E-state index in [-0.39, 0.29) is 19.6 Å². The van der Waals surface area contributed by atoms with Gasteiger partial charge in [-0.15, -0.1) is 0 Å². The first kappa shape index (κ1) is 13.2. The molecule has 0 aromatic rings. The number of rotatable bonds is 3. The van der Waals surface area contributed by atoms with Crippen LogP contribution in [0.3, 0.4) is 0 Å². The molecule has 2 atom stereocenters. The summed E-state index contributed by atoms with van der Waals surface area (Å²) in [7, 11) is 0. The fourth-order valence-corrected chi connectivity index (χ4v) is 1.37. The van der Waals surface area contributed by atoms with Crippen molar-refractivity contribution in [2.45, 2.75) is 31.7 Å². The Balaban J connectivity index is 2.30. The summed E-state index contributed by atoms with van der Waals surface area (Å²) in [5.41, 5.74) is 0. The first-order valence-electron chi connectivity index (χ1n) is 5.00. The van der Waals surface area contributed by atoms with Gasteiger partial charge in [-0.2, -0.15) is 13.2 Å². The lowest BCUT2D eigenvalue weighted by molar-refractivity contribution is -0.185. The molecule has 1 N–H and O–H groups in total. The van der Waals surface area contributed by atoms with Crippen LogP contribution >= 0.6 is 0 Å². The number of ether oxygens (including phenoxy) is 2.